The van der Waals surface area contributed by atoms with E-state index in [0.717, 1.165) is 54.2 Å². The summed E-state index contributed by atoms with van der Waals surface area (Å²) < 4.78 is 59.0. The van der Waals surface area contributed by atoms with Crippen LogP contribution >= 0.6 is 15.9 Å². The van der Waals surface area contributed by atoms with Crippen LogP contribution in [0.5, 0.6) is 11.5 Å². The first-order valence-corrected chi connectivity index (χ1v) is 19.2. The highest BCUT2D eigenvalue weighted by Gasteiger charge is 2.32. The van der Waals surface area contributed by atoms with E-state index in [4.69, 9.17) is 24.3 Å². The number of carbonyl (C=O) groups is 2. The summed E-state index contributed by atoms with van der Waals surface area (Å²) in [5.74, 6) is 0.981. The second-order valence-corrected chi connectivity index (χ2v) is 14.5. The number of nitrogens with zero attached hydrogens (tertiary/aromatic N) is 4. The number of hydrogen-bond acceptors (Lipinski definition) is 9. The van der Waals surface area contributed by atoms with Crippen molar-refractivity contribution in [1.82, 2.24) is 25.1 Å². The minimum absolute atomic E-state index is 0.109. The summed E-state index contributed by atoms with van der Waals surface area (Å²) in [7, 11) is 3.18. The van der Waals surface area contributed by atoms with Crippen LogP contribution in [0.25, 0.3) is 22.2 Å². The minimum Gasteiger partial charge on any atom is -0.497 e. The Hall–Kier alpha value is -6.16. The van der Waals surface area contributed by atoms with Gasteiger partial charge in [-0.3, -0.25) is 9.48 Å². The lowest BCUT2D eigenvalue weighted by molar-refractivity contribution is -0.137. The smallest absolute Gasteiger partial charge is 0.416 e. The van der Waals surface area contributed by atoms with Crippen LogP contribution in [0.2, 0.25) is 0 Å². The first kappa shape index (κ1) is 40.1. The monoisotopic (exact) mass is 857 g/mol. The lowest BCUT2D eigenvalue weighted by Gasteiger charge is -2.30. The number of ether oxygens (including phenoxy) is 3. The van der Waals surface area contributed by atoms with E-state index in [0.29, 0.717) is 51.4 Å². The van der Waals surface area contributed by atoms with E-state index in [2.05, 4.69) is 36.9 Å². The number of nitrogens with one attached hydrogen (secondary N) is 3. The molecule has 0 bridgehead atoms. The molecule has 2 amide bonds. The number of benzene rings is 3. The molecule has 300 valence electrons. The molecule has 2 atom stereocenters. The van der Waals surface area contributed by atoms with E-state index in [1.165, 1.54) is 0 Å². The number of rotatable bonds is 12. The molecule has 3 aromatic carbocycles. The third-order valence-electron chi connectivity index (χ3n) is 9.90. The molecule has 0 aliphatic heterocycles. The number of amides is 2. The summed E-state index contributed by atoms with van der Waals surface area (Å²) in [6.07, 6.45) is 0.649. The third-order valence-corrected chi connectivity index (χ3v) is 10.5. The van der Waals surface area contributed by atoms with Crippen LogP contribution < -0.4 is 25.4 Å². The Bertz CT molecular complexity index is 2410. The zero-order valence-corrected chi connectivity index (χ0v) is 33.1. The number of hydrogen-bond donors (Lipinski definition) is 3. The minimum atomic E-state index is -4.59. The van der Waals surface area contributed by atoms with Gasteiger partial charge in [0.15, 0.2) is 0 Å². The number of anilines is 2. The summed E-state index contributed by atoms with van der Waals surface area (Å²) in [5.41, 5.74) is 3.06. The molecule has 3 heterocycles. The molecular formula is C42H39BrF3N7O5. The average molecular weight is 859 g/mol. The second-order valence-electron chi connectivity index (χ2n) is 13.7. The van der Waals surface area contributed by atoms with E-state index < -0.39 is 23.7 Å². The fourth-order valence-corrected chi connectivity index (χ4v) is 7.49. The number of halogens is 4. The highest BCUT2D eigenvalue weighted by molar-refractivity contribution is 9.10. The lowest BCUT2D eigenvalue weighted by atomic mass is 9.91. The van der Waals surface area contributed by atoms with Gasteiger partial charge < -0.3 is 30.2 Å². The van der Waals surface area contributed by atoms with Crippen molar-refractivity contribution in [3.8, 4) is 22.8 Å². The predicted molar refractivity (Wildman–Crippen MR) is 216 cm³/mol. The van der Waals surface area contributed by atoms with Crippen molar-refractivity contribution < 1.29 is 37.0 Å². The maximum Gasteiger partial charge on any atom is 0.416 e. The Morgan fingerprint density at radius 1 is 0.948 bits per heavy atom. The van der Waals surface area contributed by atoms with Gasteiger partial charge >= 0.3 is 12.3 Å². The fraction of sp³-hybridized carbons (Fsp3) is 0.262. The molecule has 3 N–H and O–H groups in total. The Balaban J connectivity index is 1.19. The molecule has 3 aromatic heterocycles. The Morgan fingerprint density at radius 2 is 1.74 bits per heavy atom. The number of alkyl halides is 3. The van der Waals surface area contributed by atoms with Crippen LogP contribution in [0, 0.1) is 0 Å². The first-order chi connectivity index (χ1) is 28.0. The first-order valence-electron chi connectivity index (χ1n) is 18.4. The summed E-state index contributed by atoms with van der Waals surface area (Å²) >= 11 is 3.74. The van der Waals surface area contributed by atoms with Crippen LogP contribution in [-0.4, -0.2) is 52.0 Å². The van der Waals surface area contributed by atoms with Gasteiger partial charge in [0.05, 0.1) is 41.2 Å². The van der Waals surface area contributed by atoms with E-state index in [1.807, 2.05) is 47.1 Å². The largest absolute Gasteiger partial charge is 0.497 e. The molecule has 0 unspecified atom stereocenters. The van der Waals surface area contributed by atoms with Crippen LogP contribution in [0.15, 0.2) is 102 Å². The molecule has 12 nitrogen and oxygen atoms in total. The van der Waals surface area contributed by atoms with Crippen molar-refractivity contribution in [3.05, 3.63) is 124 Å². The lowest BCUT2D eigenvalue weighted by Crippen LogP contribution is -2.39. The van der Waals surface area contributed by atoms with Gasteiger partial charge in [-0.05, 0) is 83.6 Å². The van der Waals surface area contributed by atoms with Crippen LogP contribution in [0.1, 0.15) is 58.8 Å². The van der Waals surface area contributed by atoms with E-state index in [9.17, 15) is 22.8 Å². The molecule has 16 heteroatoms. The fourth-order valence-electron chi connectivity index (χ4n) is 7.00. The number of pyridine rings is 2. The maximum atomic E-state index is 13.3. The van der Waals surface area contributed by atoms with Crippen LogP contribution in [-0.2, 0) is 24.1 Å². The normalized spacial score (nSPS) is 15.4. The number of methoxy groups -OCH3 is 2. The molecule has 1 saturated carbocycles. The molecule has 6 aromatic rings. The van der Waals surface area contributed by atoms with Crippen LogP contribution in [0.3, 0.4) is 0 Å². The van der Waals surface area contributed by atoms with E-state index >= 15 is 0 Å². The average Bonchev–Trinajstić information content (AvgIpc) is 3.65. The summed E-state index contributed by atoms with van der Waals surface area (Å²) in [6.45, 7) is 0.515. The molecule has 1 fully saturated rings. The summed E-state index contributed by atoms with van der Waals surface area (Å²) in [6, 6.07) is 23.0. The molecule has 0 saturated heterocycles. The molecule has 7 rings (SSSR count). The molecule has 1 aliphatic rings. The summed E-state index contributed by atoms with van der Waals surface area (Å²) in [5, 5.41) is 14.9. The van der Waals surface area contributed by atoms with Gasteiger partial charge in [-0.2, -0.15) is 18.3 Å². The maximum absolute atomic E-state index is 13.3. The van der Waals surface area contributed by atoms with Crippen molar-refractivity contribution in [2.45, 2.75) is 57.1 Å². The number of alkyl carbamates (subject to hydrolysis) is 1. The highest BCUT2D eigenvalue weighted by atomic mass is 79.9. The van der Waals surface area contributed by atoms with Gasteiger partial charge in [0.25, 0.3) is 5.91 Å². The zero-order valence-electron chi connectivity index (χ0n) is 31.5. The second kappa shape index (κ2) is 17.5. The number of carbonyl (C=O) groups excluding carboxylic acids is 2. The van der Waals surface area contributed by atoms with Gasteiger partial charge in [0, 0.05) is 47.7 Å². The van der Waals surface area contributed by atoms with Crippen LogP contribution in [0.4, 0.5) is 29.6 Å². The number of aromatic nitrogens is 4. The van der Waals surface area contributed by atoms with E-state index in [-0.39, 0.29) is 30.1 Å². The SMILES string of the molecule is COc1ccc(CNc2ncc(Br)c3c2c(-c2ccc(C(=O)Nc4cc(C(F)(F)F)ccn4)cc2)nn3[C@@H]2CCC[C@@H](NC(=O)OCc3ccccc3)C2)c(OC)c1. The van der Waals surface area contributed by atoms with Crippen molar-refractivity contribution in [2.24, 2.45) is 0 Å². The van der Waals surface area contributed by atoms with Gasteiger partial charge in [-0.15, -0.1) is 0 Å². The quantitative estimate of drug-likeness (QED) is 0.110. The highest BCUT2D eigenvalue weighted by Crippen LogP contribution is 2.41. The van der Waals surface area contributed by atoms with Crippen molar-refractivity contribution in [1.29, 1.82) is 0 Å². The van der Waals surface area contributed by atoms with E-state index in [1.54, 1.807) is 50.7 Å². The molecule has 58 heavy (non-hydrogen) atoms. The van der Waals surface area contributed by atoms with Gasteiger partial charge in [-0.1, -0.05) is 42.5 Å². The molecule has 1 aliphatic carbocycles. The molecule has 0 radical (unpaired) electrons. The van der Waals surface area contributed by atoms with Gasteiger partial charge in [0.1, 0.15) is 35.4 Å². The summed E-state index contributed by atoms with van der Waals surface area (Å²) in [4.78, 5) is 34.6. The Kier molecular flexibility index (Phi) is 12.1. The Morgan fingerprint density at radius 3 is 2.48 bits per heavy atom. The zero-order chi connectivity index (χ0) is 40.8. The van der Waals surface area contributed by atoms with Crippen molar-refractivity contribution >= 4 is 50.5 Å². The van der Waals surface area contributed by atoms with Gasteiger partial charge in [0.2, 0.25) is 0 Å². The molecular weight excluding hydrogens is 819 g/mol. The van der Waals surface area contributed by atoms with Crippen molar-refractivity contribution in [3.63, 3.8) is 0 Å². The standard InChI is InChI=1S/C42H39BrF3N7O5/c1-56-32-16-15-28(34(21-32)57-2)22-48-39-36-37(26-11-13-27(14-12-26)40(54)51-35-19-29(17-18-47-35)42(44,45)46)52-53(38(36)33(43)23-49-39)31-10-6-9-30(20-31)50-41(55)58-24-25-7-4-3-5-8-25/h3-5,7-8,11-19,21,23,30-31H,6,9-10,20,22,24H2,1-2H3,(H,48,49)(H,50,55)(H,47,51,54)/t30-,31-/m1/s1. The topological polar surface area (TPSA) is 142 Å². The Labute approximate surface area is 340 Å². The number of fused-ring (bicyclic) bond motifs is 1. The molecule has 0 spiro atoms. The predicted octanol–water partition coefficient (Wildman–Crippen LogP) is 9.57. The van der Waals surface area contributed by atoms with Crippen molar-refractivity contribution in [2.75, 3.05) is 24.9 Å². The van der Waals surface area contributed by atoms with Gasteiger partial charge in [-0.25, -0.2) is 14.8 Å². The third kappa shape index (κ3) is 9.17.